The van der Waals surface area contributed by atoms with Gasteiger partial charge in [0.1, 0.15) is 11.5 Å². The number of hydrogen-bond donors (Lipinski definition) is 0. The molecule has 0 saturated heterocycles. The summed E-state index contributed by atoms with van der Waals surface area (Å²) < 4.78 is 6.01. The maximum Gasteiger partial charge on any atom is 0.255 e. The lowest BCUT2D eigenvalue weighted by Gasteiger charge is -2.26. The Labute approximate surface area is 154 Å². The summed E-state index contributed by atoms with van der Waals surface area (Å²) in [6.45, 7) is 0.718. The average Bonchev–Trinajstić information content (AvgIpc) is 3.11. The Morgan fingerprint density at radius 3 is 2.63 bits per heavy atom. The molecule has 5 rings (SSSR count). The second-order valence-corrected chi connectivity index (χ2v) is 6.63. The first-order valence-corrected chi connectivity index (χ1v) is 8.67. The molecule has 0 saturated carbocycles. The highest BCUT2D eigenvalue weighted by Gasteiger charge is 2.39. The largest absolute Gasteiger partial charge is 0.458 e. The number of carbonyl (C=O) groups is 3. The zero-order valence-corrected chi connectivity index (χ0v) is 14.3. The van der Waals surface area contributed by atoms with E-state index in [-0.39, 0.29) is 12.5 Å². The molecule has 132 valence electrons. The van der Waals surface area contributed by atoms with Crippen molar-refractivity contribution in [1.29, 1.82) is 0 Å². The Morgan fingerprint density at radius 2 is 1.85 bits per heavy atom. The number of Topliss-reactive ketones (excluding diaryl/α,β-unsaturated/α-hetero) is 2. The summed E-state index contributed by atoms with van der Waals surface area (Å²) in [5.74, 6) is -0.153. The Hall–Kier alpha value is -3.54. The topological polar surface area (TPSA) is 80.5 Å². The van der Waals surface area contributed by atoms with Crippen molar-refractivity contribution in [1.82, 2.24) is 9.88 Å². The van der Waals surface area contributed by atoms with Crippen LogP contribution in [0.15, 0.2) is 53.2 Å². The van der Waals surface area contributed by atoms with E-state index >= 15 is 0 Å². The van der Waals surface area contributed by atoms with Crippen molar-refractivity contribution in [3.05, 3.63) is 76.8 Å². The molecule has 3 heterocycles. The molecule has 3 aromatic rings. The third-order valence-electron chi connectivity index (χ3n) is 5.10. The number of hydrogen-bond acceptors (Lipinski definition) is 5. The zero-order valence-electron chi connectivity index (χ0n) is 14.3. The van der Waals surface area contributed by atoms with Gasteiger partial charge in [0.25, 0.3) is 5.91 Å². The number of aromatic nitrogens is 1. The lowest BCUT2D eigenvalue weighted by molar-refractivity contribution is 0.0719. The van der Waals surface area contributed by atoms with Crippen LogP contribution in [0.2, 0.25) is 0 Å². The van der Waals surface area contributed by atoms with Crippen molar-refractivity contribution in [3.8, 4) is 11.3 Å². The molecule has 2 aliphatic rings. The van der Waals surface area contributed by atoms with Crippen molar-refractivity contribution in [3.63, 3.8) is 0 Å². The van der Waals surface area contributed by atoms with Crippen LogP contribution < -0.4 is 0 Å². The van der Waals surface area contributed by atoms with Gasteiger partial charge >= 0.3 is 0 Å². The van der Waals surface area contributed by atoms with Gasteiger partial charge in [-0.1, -0.05) is 24.3 Å². The molecule has 27 heavy (non-hydrogen) atoms. The average molecular weight is 358 g/mol. The number of nitrogens with zero attached hydrogens (tertiary/aromatic N) is 2. The zero-order chi connectivity index (χ0) is 18.5. The monoisotopic (exact) mass is 358 g/mol. The van der Waals surface area contributed by atoms with Crippen LogP contribution >= 0.6 is 0 Å². The molecule has 0 N–H and O–H groups in total. The standard InChI is InChI=1S/C21H14N2O4/c24-18-13-5-1-2-6-14(13)20-17(19(18)25)15-7-9-23(11-16(15)27-20)21(26)12-4-3-8-22-10-12/h1-6,8,10H,7,9,11H2. The van der Waals surface area contributed by atoms with E-state index in [2.05, 4.69) is 4.98 Å². The van der Waals surface area contributed by atoms with Gasteiger partial charge in [-0.2, -0.15) is 0 Å². The van der Waals surface area contributed by atoms with Crippen molar-refractivity contribution < 1.29 is 18.8 Å². The second kappa shape index (κ2) is 5.74. The van der Waals surface area contributed by atoms with Crippen molar-refractivity contribution in [2.24, 2.45) is 0 Å². The summed E-state index contributed by atoms with van der Waals surface area (Å²) in [6.07, 6.45) is 3.62. The third-order valence-corrected chi connectivity index (χ3v) is 5.10. The predicted octanol–water partition coefficient (Wildman–Crippen LogP) is 2.92. The number of amides is 1. The number of benzene rings is 1. The molecule has 6 heteroatoms. The maximum absolute atomic E-state index is 12.7. The summed E-state index contributed by atoms with van der Waals surface area (Å²) in [7, 11) is 0. The van der Waals surface area contributed by atoms with Gasteiger partial charge in [-0.05, 0) is 18.6 Å². The lowest BCUT2D eigenvalue weighted by Crippen LogP contribution is -2.36. The van der Waals surface area contributed by atoms with Crippen LogP contribution in [0.3, 0.4) is 0 Å². The van der Waals surface area contributed by atoms with Gasteiger partial charge in [-0.15, -0.1) is 0 Å². The van der Waals surface area contributed by atoms with E-state index in [1.54, 1.807) is 41.4 Å². The maximum atomic E-state index is 12.7. The molecule has 0 spiro atoms. The molecule has 1 amide bonds. The van der Waals surface area contributed by atoms with Gasteiger partial charge in [-0.3, -0.25) is 19.4 Å². The molecule has 1 aromatic carbocycles. The van der Waals surface area contributed by atoms with E-state index in [1.165, 1.54) is 6.20 Å². The minimum absolute atomic E-state index is 0.133. The SMILES string of the molecule is O=C1C(=O)c2c(oc3c2CCN(C(=O)c2cccnc2)C3)-c2ccccc21. The van der Waals surface area contributed by atoms with E-state index in [0.29, 0.717) is 46.7 Å². The number of ketones is 2. The molecule has 1 aliphatic carbocycles. The molecule has 1 aliphatic heterocycles. The summed E-state index contributed by atoms with van der Waals surface area (Å²) >= 11 is 0. The van der Waals surface area contributed by atoms with Crippen LogP contribution in [0.4, 0.5) is 0 Å². The number of pyridine rings is 1. The van der Waals surface area contributed by atoms with Crippen LogP contribution in [0.5, 0.6) is 0 Å². The minimum Gasteiger partial charge on any atom is -0.458 e. The fourth-order valence-corrected chi connectivity index (χ4v) is 3.79. The van der Waals surface area contributed by atoms with Gasteiger partial charge < -0.3 is 9.32 Å². The fraction of sp³-hybridized carbons (Fsp3) is 0.143. The first-order chi connectivity index (χ1) is 13.1. The number of rotatable bonds is 1. The van der Waals surface area contributed by atoms with Gasteiger partial charge in [0.05, 0.1) is 17.7 Å². The molecule has 0 bridgehead atoms. The summed E-state index contributed by atoms with van der Waals surface area (Å²) in [6, 6.07) is 10.4. The van der Waals surface area contributed by atoms with Crippen LogP contribution in [0.25, 0.3) is 11.3 Å². The summed E-state index contributed by atoms with van der Waals surface area (Å²) in [4.78, 5) is 43.5. The number of fused-ring (bicyclic) bond motifs is 5. The van der Waals surface area contributed by atoms with Crippen LogP contribution in [-0.2, 0) is 13.0 Å². The van der Waals surface area contributed by atoms with Crippen LogP contribution in [0, 0.1) is 0 Å². The molecule has 0 unspecified atom stereocenters. The van der Waals surface area contributed by atoms with Crippen molar-refractivity contribution in [2.75, 3.05) is 6.54 Å². The third kappa shape index (κ3) is 2.26. The van der Waals surface area contributed by atoms with Gasteiger partial charge in [0.2, 0.25) is 11.6 Å². The van der Waals surface area contributed by atoms with Gasteiger partial charge in [0.15, 0.2) is 0 Å². The van der Waals surface area contributed by atoms with Gasteiger partial charge in [-0.25, -0.2) is 0 Å². The number of furan rings is 1. The van der Waals surface area contributed by atoms with E-state index in [4.69, 9.17) is 4.42 Å². The van der Waals surface area contributed by atoms with Gasteiger partial charge in [0, 0.05) is 35.6 Å². The van der Waals surface area contributed by atoms with Crippen LogP contribution in [-0.4, -0.2) is 33.9 Å². The normalized spacial score (nSPS) is 15.2. The smallest absolute Gasteiger partial charge is 0.255 e. The molecular formula is C21H14N2O4. The van der Waals surface area contributed by atoms with Crippen molar-refractivity contribution in [2.45, 2.75) is 13.0 Å². The first kappa shape index (κ1) is 15.7. The molecule has 0 radical (unpaired) electrons. The van der Waals surface area contributed by atoms with E-state index in [1.807, 2.05) is 6.07 Å². The van der Waals surface area contributed by atoms with E-state index < -0.39 is 11.6 Å². The molecule has 0 atom stereocenters. The lowest BCUT2D eigenvalue weighted by atomic mass is 9.85. The Kier molecular flexibility index (Phi) is 3.33. The summed E-state index contributed by atoms with van der Waals surface area (Å²) in [5, 5.41) is 0. The predicted molar refractivity (Wildman–Crippen MR) is 95.5 cm³/mol. The Balaban J connectivity index is 1.56. The second-order valence-electron chi connectivity index (χ2n) is 6.63. The molecule has 6 nitrogen and oxygen atoms in total. The number of carbonyl (C=O) groups excluding carboxylic acids is 3. The minimum atomic E-state index is -0.527. The first-order valence-electron chi connectivity index (χ1n) is 8.67. The fourth-order valence-electron chi connectivity index (χ4n) is 3.79. The molecule has 2 aromatic heterocycles. The van der Waals surface area contributed by atoms with Crippen molar-refractivity contribution >= 4 is 17.5 Å². The van der Waals surface area contributed by atoms with Crippen LogP contribution in [0.1, 0.15) is 42.4 Å². The highest BCUT2D eigenvalue weighted by Crippen LogP contribution is 2.40. The highest BCUT2D eigenvalue weighted by atomic mass is 16.3. The Bertz CT molecular complexity index is 1110. The van der Waals surface area contributed by atoms with E-state index in [9.17, 15) is 14.4 Å². The molecule has 0 fully saturated rings. The Morgan fingerprint density at radius 1 is 1.04 bits per heavy atom. The molecular weight excluding hydrogens is 344 g/mol. The quantitative estimate of drug-likeness (QED) is 0.625. The summed E-state index contributed by atoms with van der Waals surface area (Å²) in [5.41, 5.74) is 2.62. The van der Waals surface area contributed by atoms with E-state index in [0.717, 1.165) is 5.56 Å². The highest BCUT2D eigenvalue weighted by molar-refractivity contribution is 6.53.